The Hall–Kier alpha value is -1.24. The summed E-state index contributed by atoms with van der Waals surface area (Å²) < 4.78 is 0. The number of aromatic nitrogens is 1. The molecule has 0 spiro atoms. The summed E-state index contributed by atoms with van der Waals surface area (Å²) in [6.07, 6.45) is 5.98. The van der Waals surface area contributed by atoms with Crippen LogP contribution in [0.25, 0.3) is 11.6 Å². The van der Waals surface area contributed by atoms with Crippen molar-refractivity contribution in [2.45, 2.75) is 0 Å². The van der Waals surface area contributed by atoms with Crippen LogP contribution in [0.1, 0.15) is 11.3 Å². The lowest BCUT2D eigenvalue weighted by Crippen LogP contribution is -1.69. The van der Waals surface area contributed by atoms with E-state index in [9.17, 15) is 0 Å². The molecule has 9 heavy (non-hydrogen) atoms. The standard InChI is InChI=1S/C8H7N/c1-6-2-3-8-7(6)4-5-9-8/h2-5,9H,1H2. The number of rotatable bonds is 0. The van der Waals surface area contributed by atoms with Crippen molar-refractivity contribution < 1.29 is 0 Å². The normalized spacial score (nSPS) is 14.4. The highest BCUT2D eigenvalue weighted by Crippen LogP contribution is 2.25. The molecular weight excluding hydrogens is 110 g/mol. The van der Waals surface area contributed by atoms with E-state index in [4.69, 9.17) is 0 Å². The van der Waals surface area contributed by atoms with Gasteiger partial charge in [0.2, 0.25) is 0 Å². The first-order valence-electron chi connectivity index (χ1n) is 2.92. The lowest BCUT2D eigenvalue weighted by Gasteiger charge is -1.86. The Morgan fingerprint density at radius 1 is 1.33 bits per heavy atom. The summed E-state index contributed by atoms with van der Waals surface area (Å²) in [5.74, 6) is 0. The first-order valence-corrected chi connectivity index (χ1v) is 2.92. The van der Waals surface area contributed by atoms with Crippen molar-refractivity contribution in [2.75, 3.05) is 0 Å². The Kier molecular flexibility index (Phi) is 0.707. The highest BCUT2D eigenvalue weighted by molar-refractivity contribution is 5.87. The smallest absolute Gasteiger partial charge is 0.0459 e. The van der Waals surface area contributed by atoms with E-state index in [1.807, 2.05) is 24.4 Å². The molecule has 2 rings (SSSR count). The fourth-order valence-electron chi connectivity index (χ4n) is 1.07. The van der Waals surface area contributed by atoms with Crippen LogP contribution < -0.4 is 0 Å². The quantitative estimate of drug-likeness (QED) is 0.535. The Morgan fingerprint density at radius 3 is 3.00 bits per heavy atom. The molecule has 1 aliphatic rings. The zero-order valence-electron chi connectivity index (χ0n) is 5.02. The number of allylic oxidation sites excluding steroid dienone is 2. The predicted octanol–water partition coefficient (Wildman–Crippen LogP) is 2.05. The van der Waals surface area contributed by atoms with Gasteiger partial charge in [-0.25, -0.2) is 0 Å². The summed E-state index contributed by atoms with van der Waals surface area (Å²) in [4.78, 5) is 3.10. The zero-order chi connectivity index (χ0) is 6.27. The maximum atomic E-state index is 3.86. The third-order valence-electron chi connectivity index (χ3n) is 1.58. The molecule has 1 heterocycles. The minimum absolute atomic E-state index is 1.10. The Balaban J connectivity index is 2.73. The molecule has 0 saturated heterocycles. The van der Waals surface area contributed by atoms with Crippen LogP contribution in [0, 0.1) is 0 Å². The van der Waals surface area contributed by atoms with E-state index >= 15 is 0 Å². The van der Waals surface area contributed by atoms with Crippen molar-refractivity contribution in [1.29, 1.82) is 0 Å². The summed E-state index contributed by atoms with van der Waals surface area (Å²) in [7, 11) is 0. The highest BCUT2D eigenvalue weighted by Gasteiger charge is 2.07. The number of hydrogen-bond acceptors (Lipinski definition) is 0. The Labute approximate surface area is 53.7 Å². The van der Waals surface area contributed by atoms with E-state index in [-0.39, 0.29) is 0 Å². The number of aromatic amines is 1. The van der Waals surface area contributed by atoms with Crippen LogP contribution in [0.2, 0.25) is 0 Å². The summed E-state index contributed by atoms with van der Waals surface area (Å²) in [5.41, 5.74) is 3.52. The molecular formula is C8H7N. The van der Waals surface area contributed by atoms with Gasteiger partial charge in [-0.3, -0.25) is 0 Å². The molecule has 1 aromatic heterocycles. The van der Waals surface area contributed by atoms with Crippen LogP contribution in [0.15, 0.2) is 24.9 Å². The molecule has 0 amide bonds. The third kappa shape index (κ3) is 0.486. The lowest BCUT2D eigenvalue weighted by atomic mass is 10.2. The van der Waals surface area contributed by atoms with Gasteiger partial charge >= 0.3 is 0 Å². The third-order valence-corrected chi connectivity index (χ3v) is 1.58. The molecule has 44 valence electrons. The van der Waals surface area contributed by atoms with Crippen LogP contribution in [0.5, 0.6) is 0 Å². The molecule has 0 bridgehead atoms. The van der Waals surface area contributed by atoms with Gasteiger partial charge in [0.15, 0.2) is 0 Å². The van der Waals surface area contributed by atoms with Gasteiger partial charge in [0, 0.05) is 17.5 Å². The fourth-order valence-corrected chi connectivity index (χ4v) is 1.07. The molecule has 0 fully saturated rings. The molecule has 1 nitrogen and oxygen atoms in total. The molecule has 0 saturated carbocycles. The molecule has 0 aliphatic heterocycles. The van der Waals surface area contributed by atoms with Gasteiger partial charge in [0.1, 0.15) is 0 Å². The lowest BCUT2D eigenvalue weighted by molar-refractivity contribution is 1.38. The molecule has 0 aromatic carbocycles. The Morgan fingerprint density at radius 2 is 2.22 bits per heavy atom. The first-order chi connectivity index (χ1) is 4.38. The van der Waals surface area contributed by atoms with Gasteiger partial charge in [0.05, 0.1) is 0 Å². The van der Waals surface area contributed by atoms with Crippen molar-refractivity contribution in [3.05, 3.63) is 36.2 Å². The van der Waals surface area contributed by atoms with E-state index in [0.717, 1.165) is 5.57 Å². The topological polar surface area (TPSA) is 15.8 Å². The zero-order valence-corrected chi connectivity index (χ0v) is 5.02. The van der Waals surface area contributed by atoms with Crippen molar-refractivity contribution in [2.24, 2.45) is 0 Å². The second-order valence-corrected chi connectivity index (χ2v) is 2.16. The van der Waals surface area contributed by atoms with Crippen molar-refractivity contribution >= 4 is 11.6 Å². The van der Waals surface area contributed by atoms with E-state index in [1.165, 1.54) is 11.3 Å². The Bertz CT molecular complexity index is 279. The monoisotopic (exact) mass is 117 g/mol. The minimum atomic E-state index is 1.10. The number of hydrogen-bond donors (Lipinski definition) is 1. The van der Waals surface area contributed by atoms with E-state index in [1.54, 1.807) is 0 Å². The minimum Gasteiger partial charge on any atom is -0.361 e. The van der Waals surface area contributed by atoms with Crippen LogP contribution in [0.3, 0.4) is 0 Å². The average molecular weight is 117 g/mol. The maximum absolute atomic E-state index is 3.86. The summed E-state index contributed by atoms with van der Waals surface area (Å²) >= 11 is 0. The van der Waals surface area contributed by atoms with Crippen molar-refractivity contribution in [3.63, 3.8) is 0 Å². The second kappa shape index (κ2) is 1.38. The summed E-state index contributed by atoms with van der Waals surface area (Å²) in [6, 6.07) is 2.04. The maximum Gasteiger partial charge on any atom is 0.0459 e. The van der Waals surface area contributed by atoms with Crippen LogP contribution >= 0.6 is 0 Å². The van der Waals surface area contributed by atoms with E-state index in [2.05, 4.69) is 11.6 Å². The SMILES string of the molecule is C=C1C=Cc2[nH]ccc21. The van der Waals surface area contributed by atoms with E-state index in [0.29, 0.717) is 0 Å². The predicted molar refractivity (Wildman–Crippen MR) is 38.9 cm³/mol. The van der Waals surface area contributed by atoms with Gasteiger partial charge in [0.25, 0.3) is 0 Å². The number of fused-ring (bicyclic) bond motifs is 1. The van der Waals surface area contributed by atoms with Gasteiger partial charge in [-0.2, -0.15) is 0 Å². The van der Waals surface area contributed by atoms with Gasteiger partial charge < -0.3 is 4.98 Å². The van der Waals surface area contributed by atoms with E-state index < -0.39 is 0 Å². The number of nitrogens with one attached hydrogen (secondary N) is 1. The average Bonchev–Trinajstić information content (AvgIpc) is 2.35. The van der Waals surface area contributed by atoms with Gasteiger partial charge in [-0.15, -0.1) is 0 Å². The fraction of sp³-hybridized carbons (Fsp3) is 0. The van der Waals surface area contributed by atoms with Crippen LogP contribution in [-0.2, 0) is 0 Å². The van der Waals surface area contributed by atoms with Gasteiger partial charge in [-0.1, -0.05) is 12.7 Å². The molecule has 1 heteroatoms. The van der Waals surface area contributed by atoms with Crippen LogP contribution in [-0.4, -0.2) is 4.98 Å². The molecule has 0 radical (unpaired) electrons. The largest absolute Gasteiger partial charge is 0.361 e. The first kappa shape index (κ1) is 4.62. The van der Waals surface area contributed by atoms with Crippen molar-refractivity contribution in [1.82, 2.24) is 4.98 Å². The van der Waals surface area contributed by atoms with Crippen molar-refractivity contribution in [3.8, 4) is 0 Å². The molecule has 1 N–H and O–H groups in total. The molecule has 1 aliphatic carbocycles. The summed E-state index contributed by atoms with van der Waals surface area (Å²) in [5, 5.41) is 0. The molecule has 0 unspecified atom stereocenters. The molecule has 0 atom stereocenters. The van der Waals surface area contributed by atoms with Crippen LogP contribution in [0.4, 0.5) is 0 Å². The molecule has 1 aromatic rings. The number of H-pyrrole nitrogens is 1. The second-order valence-electron chi connectivity index (χ2n) is 2.16. The highest BCUT2D eigenvalue weighted by atomic mass is 14.7. The summed E-state index contributed by atoms with van der Waals surface area (Å²) in [6.45, 7) is 3.86. The van der Waals surface area contributed by atoms with Gasteiger partial charge in [-0.05, 0) is 17.7 Å².